The van der Waals surface area contributed by atoms with Crippen LogP contribution in [0.25, 0.3) is 0 Å². The largest absolute Gasteiger partial charge is 0.332 e. The first-order valence-corrected chi connectivity index (χ1v) is 11.5. The summed E-state index contributed by atoms with van der Waals surface area (Å²) in [6, 6.07) is 4.96. The number of unbranched alkanes of at least 4 members (excludes halogenated alkanes) is 1. The van der Waals surface area contributed by atoms with Crippen LogP contribution in [0, 0.1) is 6.92 Å². The van der Waals surface area contributed by atoms with Crippen molar-refractivity contribution < 1.29 is 18.0 Å². The van der Waals surface area contributed by atoms with Crippen molar-refractivity contribution in [2.45, 2.75) is 54.8 Å². The van der Waals surface area contributed by atoms with Gasteiger partial charge in [0.05, 0.1) is 17.0 Å². The molecule has 0 saturated carbocycles. The molecule has 8 nitrogen and oxygen atoms in total. The molecule has 0 radical (unpaired) electrons. The van der Waals surface area contributed by atoms with Crippen molar-refractivity contribution in [2.75, 3.05) is 11.1 Å². The van der Waals surface area contributed by atoms with Crippen LogP contribution < -0.4 is 21.1 Å². The maximum Gasteiger partial charge on any atom is 0.315 e. The first kappa shape index (κ1) is 20.0. The molecule has 27 heavy (non-hydrogen) atoms. The monoisotopic (exact) mass is 412 g/mol. The molecule has 2 saturated heterocycles. The predicted molar refractivity (Wildman–Crippen MR) is 105 cm³/mol. The Bertz CT molecular complexity index is 843. The maximum absolute atomic E-state index is 12.1. The fraction of sp³-hybridized carbons (Fsp3) is 0.529. The van der Waals surface area contributed by atoms with E-state index in [2.05, 4.69) is 16.0 Å². The number of nitrogens with one attached hydrogen (secondary N) is 3. The highest BCUT2D eigenvalue weighted by molar-refractivity contribution is 8.00. The van der Waals surface area contributed by atoms with Gasteiger partial charge in [-0.25, -0.2) is 18.4 Å². The third-order valence-corrected chi connectivity index (χ3v) is 7.42. The average Bonchev–Trinajstić information content (AvgIpc) is 3.12. The van der Waals surface area contributed by atoms with Gasteiger partial charge in [0.15, 0.2) is 0 Å². The second kappa shape index (κ2) is 8.07. The highest BCUT2D eigenvalue weighted by atomic mass is 32.2. The molecule has 10 heteroatoms. The minimum Gasteiger partial charge on any atom is -0.332 e. The van der Waals surface area contributed by atoms with E-state index in [1.165, 1.54) is 6.07 Å². The number of rotatable bonds is 7. The first-order valence-electron chi connectivity index (χ1n) is 8.86. The Morgan fingerprint density at radius 1 is 1.33 bits per heavy atom. The number of fused-ring (bicyclic) bond motifs is 1. The van der Waals surface area contributed by atoms with Gasteiger partial charge < -0.3 is 16.0 Å². The molecular weight excluding hydrogens is 388 g/mol. The van der Waals surface area contributed by atoms with Gasteiger partial charge in [0.2, 0.25) is 15.9 Å². The fourth-order valence-corrected chi connectivity index (χ4v) is 5.83. The molecular formula is C17H24N4O4S2. The summed E-state index contributed by atoms with van der Waals surface area (Å²) in [5, 5.41) is 14.2. The van der Waals surface area contributed by atoms with Gasteiger partial charge in [-0.05, 0) is 37.5 Å². The van der Waals surface area contributed by atoms with Gasteiger partial charge in [-0.2, -0.15) is 11.8 Å². The maximum atomic E-state index is 12.1. The van der Waals surface area contributed by atoms with Crippen LogP contribution in [-0.4, -0.2) is 43.4 Å². The molecule has 2 fully saturated rings. The molecule has 3 atom stereocenters. The Labute approximate surface area is 163 Å². The number of hydrogen-bond acceptors (Lipinski definition) is 5. The SMILES string of the molecule is Cc1ccc(NC(=O)CCCC[C@@H]2SC[C@@H]3NC(=O)N[C@@H]32)cc1S(N)(=O)=O. The molecule has 5 N–H and O–H groups in total. The Morgan fingerprint density at radius 3 is 2.85 bits per heavy atom. The van der Waals surface area contributed by atoms with Gasteiger partial charge in [-0.3, -0.25) is 4.79 Å². The summed E-state index contributed by atoms with van der Waals surface area (Å²) in [5.41, 5.74) is 0.958. The zero-order valence-electron chi connectivity index (χ0n) is 15.0. The lowest BCUT2D eigenvalue weighted by atomic mass is 10.0. The van der Waals surface area contributed by atoms with Crippen molar-refractivity contribution >= 4 is 39.4 Å². The van der Waals surface area contributed by atoms with Crippen LogP contribution in [-0.2, 0) is 14.8 Å². The standard InChI is InChI=1S/C17H24N4O4S2/c1-10-6-7-11(8-14(10)27(18,24)25)19-15(22)5-3-2-4-13-16-12(9-26-13)20-17(23)21-16/h6-8,12-13,16H,2-5,9H2,1H3,(H,19,22)(H2,18,24,25)(H2,20,21,23)/t12-,13-,16-/m0/s1. The second-order valence-corrected chi connectivity index (χ2v) is 9.74. The third kappa shape index (κ3) is 4.94. The van der Waals surface area contributed by atoms with Gasteiger partial charge >= 0.3 is 6.03 Å². The first-order chi connectivity index (χ1) is 12.7. The van der Waals surface area contributed by atoms with Crippen molar-refractivity contribution in [1.29, 1.82) is 0 Å². The van der Waals surface area contributed by atoms with E-state index in [0.717, 1.165) is 25.0 Å². The van der Waals surface area contributed by atoms with Crippen molar-refractivity contribution in [2.24, 2.45) is 5.14 Å². The molecule has 2 aliphatic rings. The molecule has 0 unspecified atom stereocenters. The van der Waals surface area contributed by atoms with Gasteiger partial charge in [-0.1, -0.05) is 12.5 Å². The lowest BCUT2D eigenvalue weighted by Gasteiger charge is -2.16. The molecule has 2 aliphatic heterocycles. The summed E-state index contributed by atoms with van der Waals surface area (Å²) in [5.74, 6) is 0.765. The summed E-state index contributed by atoms with van der Waals surface area (Å²) in [4.78, 5) is 23.5. The van der Waals surface area contributed by atoms with Crippen molar-refractivity contribution in [3.63, 3.8) is 0 Å². The van der Waals surface area contributed by atoms with Crippen LogP contribution in [0.1, 0.15) is 31.2 Å². The molecule has 0 aliphatic carbocycles. The number of urea groups is 1. The molecule has 3 rings (SSSR count). The zero-order valence-corrected chi connectivity index (χ0v) is 16.7. The molecule has 1 aromatic rings. The second-order valence-electron chi connectivity index (χ2n) is 6.94. The Balaban J connectivity index is 1.43. The number of sulfonamides is 1. The molecule has 148 valence electrons. The van der Waals surface area contributed by atoms with Crippen LogP contribution in [0.15, 0.2) is 23.1 Å². The van der Waals surface area contributed by atoms with E-state index < -0.39 is 10.0 Å². The summed E-state index contributed by atoms with van der Waals surface area (Å²) in [7, 11) is -3.82. The molecule has 2 heterocycles. The number of carbonyl (C=O) groups is 2. The van der Waals surface area contributed by atoms with E-state index in [4.69, 9.17) is 5.14 Å². The van der Waals surface area contributed by atoms with E-state index in [0.29, 0.717) is 22.9 Å². The summed E-state index contributed by atoms with van der Waals surface area (Å²) >= 11 is 1.86. The molecule has 3 amide bonds. The lowest BCUT2D eigenvalue weighted by molar-refractivity contribution is -0.116. The number of nitrogens with two attached hydrogens (primary N) is 1. The van der Waals surface area contributed by atoms with Crippen LogP contribution in [0.3, 0.4) is 0 Å². The van der Waals surface area contributed by atoms with Gasteiger partial charge in [0.1, 0.15) is 0 Å². The Kier molecular flexibility index (Phi) is 5.97. The van der Waals surface area contributed by atoms with Crippen molar-refractivity contribution in [3.05, 3.63) is 23.8 Å². The number of aryl methyl sites for hydroxylation is 1. The number of carbonyl (C=O) groups excluding carboxylic acids is 2. The number of hydrogen-bond donors (Lipinski definition) is 4. The molecule has 0 spiro atoms. The van der Waals surface area contributed by atoms with Crippen molar-refractivity contribution in [1.82, 2.24) is 10.6 Å². The number of amides is 3. The van der Waals surface area contributed by atoms with E-state index >= 15 is 0 Å². The smallest absolute Gasteiger partial charge is 0.315 e. The number of anilines is 1. The van der Waals surface area contributed by atoms with Gasteiger partial charge in [0, 0.05) is 23.1 Å². The van der Waals surface area contributed by atoms with E-state index in [9.17, 15) is 18.0 Å². The Morgan fingerprint density at radius 2 is 2.11 bits per heavy atom. The molecule has 1 aromatic carbocycles. The number of primary sulfonamides is 1. The molecule has 0 aromatic heterocycles. The summed E-state index contributed by atoms with van der Waals surface area (Å²) < 4.78 is 23.1. The third-order valence-electron chi connectivity index (χ3n) is 4.86. The van der Waals surface area contributed by atoms with Crippen LogP contribution in [0.2, 0.25) is 0 Å². The molecule has 0 bridgehead atoms. The zero-order chi connectivity index (χ0) is 19.6. The van der Waals surface area contributed by atoms with Crippen LogP contribution in [0.4, 0.5) is 10.5 Å². The number of thioether (sulfide) groups is 1. The Hall–Kier alpha value is -1.78. The van der Waals surface area contributed by atoms with Crippen LogP contribution in [0.5, 0.6) is 0 Å². The van der Waals surface area contributed by atoms with E-state index in [1.54, 1.807) is 19.1 Å². The average molecular weight is 413 g/mol. The predicted octanol–water partition coefficient (Wildman–Crippen LogP) is 1.31. The van der Waals surface area contributed by atoms with Crippen molar-refractivity contribution in [3.8, 4) is 0 Å². The summed E-state index contributed by atoms with van der Waals surface area (Å²) in [6.07, 6.45) is 2.92. The minimum absolute atomic E-state index is 0.0142. The van der Waals surface area contributed by atoms with Crippen LogP contribution >= 0.6 is 11.8 Å². The van der Waals surface area contributed by atoms with Gasteiger partial charge in [0.25, 0.3) is 0 Å². The van der Waals surface area contributed by atoms with Gasteiger partial charge in [-0.15, -0.1) is 0 Å². The highest BCUT2D eigenvalue weighted by Crippen LogP contribution is 2.33. The highest BCUT2D eigenvalue weighted by Gasteiger charge is 2.42. The van der Waals surface area contributed by atoms with E-state index in [-0.39, 0.29) is 28.9 Å². The number of benzene rings is 1. The van der Waals surface area contributed by atoms with E-state index in [1.807, 2.05) is 11.8 Å². The topological polar surface area (TPSA) is 130 Å². The minimum atomic E-state index is -3.82. The lowest BCUT2D eigenvalue weighted by Crippen LogP contribution is -2.36. The fourth-order valence-electron chi connectivity index (χ4n) is 3.48. The quantitative estimate of drug-likeness (QED) is 0.396. The normalized spacial score (nSPS) is 24.2. The summed E-state index contributed by atoms with van der Waals surface area (Å²) in [6.45, 7) is 1.65.